The van der Waals surface area contributed by atoms with E-state index >= 15 is 0 Å². The number of nitrogens with one attached hydrogen (secondary N) is 1. The summed E-state index contributed by atoms with van der Waals surface area (Å²) < 4.78 is 27.7. The van der Waals surface area contributed by atoms with E-state index in [9.17, 15) is 8.42 Å². The van der Waals surface area contributed by atoms with E-state index in [0.29, 0.717) is 36.5 Å². The van der Waals surface area contributed by atoms with E-state index in [4.69, 9.17) is 0 Å². The van der Waals surface area contributed by atoms with Crippen LogP contribution in [0, 0.1) is 0 Å². The smallest absolute Gasteiger partial charge is 0.239 e. The maximum Gasteiger partial charge on any atom is 0.239 e. The van der Waals surface area contributed by atoms with Gasteiger partial charge in [-0.1, -0.05) is 30.7 Å². The molecule has 2 unspecified atom stereocenters. The van der Waals surface area contributed by atoms with E-state index in [1.807, 2.05) is 24.3 Å². The van der Waals surface area contributed by atoms with Crippen molar-refractivity contribution >= 4 is 16.1 Å². The van der Waals surface area contributed by atoms with Gasteiger partial charge in [0, 0.05) is 25.2 Å². The lowest BCUT2D eigenvalue weighted by atomic mass is 9.95. The van der Waals surface area contributed by atoms with E-state index in [1.54, 1.807) is 4.31 Å². The van der Waals surface area contributed by atoms with Gasteiger partial charge >= 0.3 is 0 Å². The number of sulfonamides is 1. The van der Waals surface area contributed by atoms with E-state index in [2.05, 4.69) is 11.4 Å². The molecular formula is C17H22N2O2S. The maximum absolute atomic E-state index is 13.0. The Kier molecular flexibility index (Phi) is 3.59. The number of hydrogen-bond acceptors (Lipinski definition) is 3. The van der Waals surface area contributed by atoms with E-state index in [1.165, 1.54) is 12.0 Å². The number of fused-ring (bicyclic) bond motifs is 3. The molecule has 118 valence electrons. The molecular weight excluding hydrogens is 296 g/mol. The standard InChI is InChI=1S/C17H22N2O2S/c20-22(21,19-11-15-6-3-7-16(12-19)18-15)17-9-8-13-4-1-2-5-14(13)10-17/h1-2,4-5,10,15-16,18H,3,6-9,11-12H2. The third-order valence-electron chi connectivity index (χ3n) is 5.11. The first kappa shape index (κ1) is 14.4. The lowest BCUT2D eigenvalue weighted by Gasteiger charge is -2.42. The summed E-state index contributed by atoms with van der Waals surface area (Å²) in [5.74, 6) is 0. The Bertz CT molecular complexity index is 699. The van der Waals surface area contributed by atoms with Gasteiger partial charge in [0.25, 0.3) is 0 Å². The number of rotatable bonds is 2. The molecule has 22 heavy (non-hydrogen) atoms. The zero-order valence-electron chi connectivity index (χ0n) is 12.7. The van der Waals surface area contributed by atoms with E-state index in [-0.39, 0.29) is 0 Å². The Hall–Kier alpha value is -1.17. The Labute approximate surface area is 132 Å². The molecule has 2 bridgehead atoms. The van der Waals surface area contributed by atoms with Gasteiger partial charge in [0.05, 0.1) is 4.91 Å². The SMILES string of the molecule is O=S(=O)(C1=Cc2ccccc2CC1)N1CC2CCCC(C1)N2. The van der Waals surface area contributed by atoms with Gasteiger partial charge in [-0.05, 0) is 42.9 Å². The molecule has 5 heteroatoms. The van der Waals surface area contributed by atoms with Crippen LogP contribution >= 0.6 is 0 Å². The largest absolute Gasteiger partial charge is 0.309 e. The molecule has 0 spiro atoms. The summed E-state index contributed by atoms with van der Waals surface area (Å²) in [5.41, 5.74) is 2.31. The first-order chi connectivity index (χ1) is 10.6. The van der Waals surface area contributed by atoms with Crippen LogP contribution in [0.25, 0.3) is 6.08 Å². The summed E-state index contributed by atoms with van der Waals surface area (Å²) in [7, 11) is -3.32. The van der Waals surface area contributed by atoms with Crippen LogP contribution in [-0.2, 0) is 16.4 Å². The van der Waals surface area contributed by atoms with Crippen LogP contribution in [0.1, 0.15) is 36.8 Å². The van der Waals surface area contributed by atoms with Crippen LogP contribution in [0.2, 0.25) is 0 Å². The summed E-state index contributed by atoms with van der Waals surface area (Å²) in [6.07, 6.45) is 6.71. The van der Waals surface area contributed by atoms with Crippen molar-refractivity contribution < 1.29 is 8.42 Å². The van der Waals surface area contributed by atoms with Gasteiger partial charge in [-0.2, -0.15) is 4.31 Å². The average molecular weight is 318 g/mol. The molecule has 4 nitrogen and oxygen atoms in total. The Morgan fingerprint density at radius 1 is 1.05 bits per heavy atom. The number of benzene rings is 1. The molecule has 4 rings (SSSR count). The van der Waals surface area contributed by atoms with E-state index < -0.39 is 10.0 Å². The quantitative estimate of drug-likeness (QED) is 0.909. The predicted octanol–water partition coefficient (Wildman–Crippen LogP) is 2.13. The molecule has 0 saturated carbocycles. The summed E-state index contributed by atoms with van der Waals surface area (Å²) in [6, 6.07) is 8.75. The van der Waals surface area contributed by atoms with Crippen LogP contribution in [0.4, 0.5) is 0 Å². The number of aryl methyl sites for hydroxylation is 1. The third-order valence-corrected chi connectivity index (χ3v) is 7.07. The van der Waals surface area contributed by atoms with Crippen LogP contribution < -0.4 is 5.32 Å². The van der Waals surface area contributed by atoms with Crippen LogP contribution in [0.3, 0.4) is 0 Å². The van der Waals surface area contributed by atoms with Gasteiger partial charge in [-0.3, -0.25) is 0 Å². The Morgan fingerprint density at radius 3 is 2.55 bits per heavy atom. The first-order valence-electron chi connectivity index (χ1n) is 8.17. The van der Waals surface area contributed by atoms with Crippen molar-refractivity contribution in [3.05, 3.63) is 40.3 Å². The van der Waals surface area contributed by atoms with Crippen molar-refractivity contribution in [1.29, 1.82) is 0 Å². The second kappa shape index (κ2) is 5.48. The van der Waals surface area contributed by atoms with E-state index in [0.717, 1.165) is 24.8 Å². The molecule has 1 aromatic carbocycles. The second-order valence-electron chi connectivity index (χ2n) is 6.62. The molecule has 1 aliphatic carbocycles. The molecule has 2 aliphatic heterocycles. The van der Waals surface area contributed by atoms with Gasteiger partial charge in [0.2, 0.25) is 10.0 Å². The van der Waals surface area contributed by atoms with Crippen molar-refractivity contribution in [2.45, 2.75) is 44.2 Å². The molecule has 1 N–H and O–H groups in total. The number of hydrogen-bond donors (Lipinski definition) is 1. The maximum atomic E-state index is 13.0. The molecule has 2 heterocycles. The fourth-order valence-electron chi connectivity index (χ4n) is 3.94. The highest BCUT2D eigenvalue weighted by Gasteiger charge is 2.37. The van der Waals surface area contributed by atoms with Crippen LogP contribution in [0.5, 0.6) is 0 Å². The second-order valence-corrected chi connectivity index (χ2v) is 8.61. The number of nitrogens with zero attached hydrogens (tertiary/aromatic N) is 1. The van der Waals surface area contributed by atoms with Crippen molar-refractivity contribution in [2.75, 3.05) is 13.1 Å². The normalized spacial score (nSPS) is 28.8. The van der Waals surface area contributed by atoms with Crippen LogP contribution in [-0.4, -0.2) is 37.9 Å². The van der Waals surface area contributed by atoms with Crippen molar-refractivity contribution in [3.63, 3.8) is 0 Å². The Morgan fingerprint density at radius 2 is 1.77 bits per heavy atom. The minimum atomic E-state index is -3.32. The van der Waals surface area contributed by atoms with Gasteiger partial charge < -0.3 is 5.32 Å². The van der Waals surface area contributed by atoms with Crippen molar-refractivity contribution in [2.24, 2.45) is 0 Å². The fraction of sp³-hybridized carbons (Fsp3) is 0.529. The topological polar surface area (TPSA) is 49.4 Å². The monoisotopic (exact) mass is 318 g/mol. The minimum absolute atomic E-state index is 0.332. The van der Waals surface area contributed by atoms with Crippen molar-refractivity contribution in [1.82, 2.24) is 9.62 Å². The summed E-state index contributed by atoms with van der Waals surface area (Å²) in [4.78, 5) is 0.589. The van der Waals surface area contributed by atoms with Crippen LogP contribution in [0.15, 0.2) is 29.2 Å². The molecule has 0 radical (unpaired) electrons. The van der Waals surface area contributed by atoms with Gasteiger partial charge in [-0.15, -0.1) is 0 Å². The average Bonchev–Trinajstić information content (AvgIpc) is 2.54. The van der Waals surface area contributed by atoms with Gasteiger partial charge in [0.15, 0.2) is 0 Å². The lowest BCUT2D eigenvalue weighted by molar-refractivity contribution is 0.191. The van der Waals surface area contributed by atoms with Crippen molar-refractivity contribution in [3.8, 4) is 0 Å². The van der Waals surface area contributed by atoms with Gasteiger partial charge in [0.1, 0.15) is 0 Å². The first-order valence-corrected chi connectivity index (χ1v) is 9.61. The molecule has 2 saturated heterocycles. The third kappa shape index (κ3) is 2.51. The molecule has 2 atom stereocenters. The highest BCUT2D eigenvalue weighted by atomic mass is 32.2. The molecule has 0 amide bonds. The summed E-state index contributed by atoms with van der Waals surface area (Å²) >= 11 is 0. The summed E-state index contributed by atoms with van der Waals surface area (Å²) in [5, 5.41) is 3.55. The highest BCUT2D eigenvalue weighted by Crippen LogP contribution is 2.31. The predicted molar refractivity (Wildman–Crippen MR) is 87.8 cm³/mol. The summed E-state index contributed by atoms with van der Waals surface area (Å²) in [6.45, 7) is 1.25. The minimum Gasteiger partial charge on any atom is -0.309 e. The zero-order valence-corrected chi connectivity index (χ0v) is 13.5. The lowest BCUT2D eigenvalue weighted by Crippen LogP contribution is -2.59. The zero-order chi connectivity index (χ0) is 15.2. The highest BCUT2D eigenvalue weighted by molar-refractivity contribution is 7.93. The van der Waals surface area contributed by atoms with Gasteiger partial charge in [-0.25, -0.2) is 8.42 Å². The molecule has 1 aromatic rings. The fourth-order valence-corrected chi connectivity index (χ4v) is 5.66. The Balaban J connectivity index is 1.63. The molecule has 3 aliphatic rings. The number of piperazine rings is 1. The molecule has 0 aromatic heterocycles. The number of piperidine rings is 1. The molecule has 2 fully saturated rings. The number of allylic oxidation sites excluding steroid dienone is 1.